The predicted octanol–water partition coefficient (Wildman–Crippen LogP) is 1.94. The Bertz CT molecular complexity index is 239. The average molecular weight is 227 g/mol. The lowest BCUT2D eigenvalue weighted by Crippen LogP contribution is -2.44. The van der Waals surface area contributed by atoms with Crippen LogP contribution in [-0.2, 0) is 14.4 Å². The summed E-state index contributed by atoms with van der Waals surface area (Å²) < 4.78 is 5.40. The van der Waals surface area contributed by atoms with Gasteiger partial charge < -0.3 is 4.74 Å². The predicted molar refractivity (Wildman–Crippen MR) is 59.7 cm³/mol. The zero-order valence-corrected chi connectivity index (χ0v) is 9.96. The molecule has 0 aromatic heterocycles. The van der Waals surface area contributed by atoms with Crippen molar-refractivity contribution in [3.8, 4) is 0 Å². The largest absolute Gasteiger partial charge is 0.378 e. The Kier molecular flexibility index (Phi) is 3.82. The van der Waals surface area contributed by atoms with Gasteiger partial charge in [-0.15, -0.1) is 0 Å². The van der Waals surface area contributed by atoms with Crippen molar-refractivity contribution >= 4 is 5.91 Å². The maximum absolute atomic E-state index is 11.7. The van der Waals surface area contributed by atoms with Crippen LogP contribution in [0.1, 0.15) is 51.4 Å². The molecule has 0 saturated heterocycles. The molecule has 2 fully saturated rings. The Morgan fingerprint density at radius 3 is 2.50 bits per heavy atom. The third-order valence-electron chi connectivity index (χ3n) is 3.82. The summed E-state index contributed by atoms with van der Waals surface area (Å²) in [5, 5.41) is 0. The summed E-state index contributed by atoms with van der Waals surface area (Å²) in [6.07, 6.45) is 8.33. The van der Waals surface area contributed by atoms with E-state index in [1.54, 1.807) is 7.11 Å². The summed E-state index contributed by atoms with van der Waals surface area (Å²) in [7, 11) is 1.68. The second-order valence-corrected chi connectivity index (χ2v) is 4.97. The summed E-state index contributed by atoms with van der Waals surface area (Å²) in [6, 6.07) is 0. The molecule has 0 atom stereocenters. The van der Waals surface area contributed by atoms with E-state index in [0.29, 0.717) is 6.42 Å². The van der Waals surface area contributed by atoms with Gasteiger partial charge in [-0.05, 0) is 32.1 Å². The molecular formula is C12H21NO3. The van der Waals surface area contributed by atoms with Crippen molar-refractivity contribution in [1.29, 1.82) is 0 Å². The minimum Gasteiger partial charge on any atom is -0.378 e. The first-order valence-electron chi connectivity index (χ1n) is 6.24. The minimum absolute atomic E-state index is 0.0477. The smallest absolute Gasteiger partial charge is 0.246 e. The number of ether oxygens (including phenoxy) is 1. The van der Waals surface area contributed by atoms with E-state index >= 15 is 0 Å². The number of amides is 1. The first-order valence-corrected chi connectivity index (χ1v) is 6.24. The van der Waals surface area contributed by atoms with E-state index in [0.717, 1.165) is 32.1 Å². The molecular weight excluding hydrogens is 206 g/mol. The van der Waals surface area contributed by atoms with E-state index in [4.69, 9.17) is 9.57 Å². The Labute approximate surface area is 96.6 Å². The van der Waals surface area contributed by atoms with Gasteiger partial charge in [0, 0.05) is 7.11 Å². The number of hydrogen-bond donors (Lipinski definition) is 1. The van der Waals surface area contributed by atoms with Crippen LogP contribution in [0.3, 0.4) is 0 Å². The molecule has 92 valence electrons. The molecule has 0 spiro atoms. The molecule has 0 heterocycles. The topological polar surface area (TPSA) is 47.6 Å². The van der Waals surface area contributed by atoms with Crippen molar-refractivity contribution in [3.63, 3.8) is 0 Å². The molecule has 16 heavy (non-hydrogen) atoms. The first kappa shape index (κ1) is 11.9. The number of methoxy groups -OCH3 is 1. The third kappa shape index (κ3) is 2.74. The van der Waals surface area contributed by atoms with Gasteiger partial charge in [0.25, 0.3) is 0 Å². The molecule has 0 unspecified atom stereocenters. The van der Waals surface area contributed by atoms with Crippen LogP contribution in [0.4, 0.5) is 0 Å². The highest BCUT2D eigenvalue weighted by atomic mass is 16.7. The van der Waals surface area contributed by atoms with Crippen molar-refractivity contribution < 1.29 is 14.4 Å². The molecule has 2 aliphatic carbocycles. The van der Waals surface area contributed by atoms with Crippen LogP contribution < -0.4 is 5.48 Å². The van der Waals surface area contributed by atoms with Crippen LogP contribution in [0.15, 0.2) is 0 Å². The van der Waals surface area contributed by atoms with Gasteiger partial charge in [0.05, 0.1) is 18.1 Å². The molecule has 2 saturated carbocycles. The van der Waals surface area contributed by atoms with Crippen LogP contribution in [-0.4, -0.2) is 24.7 Å². The van der Waals surface area contributed by atoms with Crippen LogP contribution in [0, 0.1) is 0 Å². The van der Waals surface area contributed by atoms with Crippen molar-refractivity contribution in [1.82, 2.24) is 5.48 Å². The van der Waals surface area contributed by atoms with Crippen LogP contribution in [0.5, 0.6) is 0 Å². The van der Waals surface area contributed by atoms with Gasteiger partial charge in [0.1, 0.15) is 0 Å². The molecule has 2 aliphatic rings. The van der Waals surface area contributed by atoms with Gasteiger partial charge in [-0.2, -0.15) is 0 Å². The molecule has 1 amide bonds. The van der Waals surface area contributed by atoms with E-state index in [1.165, 1.54) is 12.8 Å². The second-order valence-electron chi connectivity index (χ2n) is 4.97. The highest BCUT2D eigenvalue weighted by Gasteiger charge is 2.39. The Hall–Kier alpha value is -0.610. The van der Waals surface area contributed by atoms with E-state index in [2.05, 4.69) is 5.48 Å². The SMILES string of the molecule is COC1(CC(=O)NOC2CCCC2)CCC1. The molecule has 0 bridgehead atoms. The standard InChI is InChI=1S/C12H21NO3/c1-15-12(7-4-8-12)9-11(14)13-16-10-5-2-3-6-10/h10H,2-9H2,1H3,(H,13,14). The molecule has 0 aliphatic heterocycles. The Morgan fingerprint density at radius 1 is 1.31 bits per heavy atom. The number of nitrogens with one attached hydrogen (secondary N) is 1. The summed E-state index contributed by atoms with van der Waals surface area (Å²) in [5.41, 5.74) is 2.36. The lowest BCUT2D eigenvalue weighted by Gasteiger charge is -2.39. The monoisotopic (exact) mass is 227 g/mol. The maximum Gasteiger partial charge on any atom is 0.246 e. The zero-order valence-electron chi connectivity index (χ0n) is 9.96. The molecule has 0 radical (unpaired) electrons. The van der Waals surface area contributed by atoms with Gasteiger partial charge in [0.15, 0.2) is 0 Å². The van der Waals surface area contributed by atoms with Gasteiger partial charge in [-0.3, -0.25) is 9.63 Å². The average Bonchev–Trinajstić information content (AvgIpc) is 2.73. The zero-order chi connectivity index (χ0) is 11.4. The number of carbonyl (C=O) groups is 1. The van der Waals surface area contributed by atoms with Crippen molar-refractivity contribution in [2.24, 2.45) is 0 Å². The summed E-state index contributed by atoms with van der Waals surface area (Å²) >= 11 is 0. The van der Waals surface area contributed by atoms with E-state index in [9.17, 15) is 4.79 Å². The third-order valence-corrected chi connectivity index (χ3v) is 3.82. The fraction of sp³-hybridized carbons (Fsp3) is 0.917. The Balaban J connectivity index is 1.67. The fourth-order valence-electron chi connectivity index (χ4n) is 2.51. The van der Waals surface area contributed by atoms with Gasteiger partial charge >= 0.3 is 0 Å². The van der Waals surface area contributed by atoms with Crippen LogP contribution in [0.2, 0.25) is 0 Å². The summed E-state index contributed by atoms with van der Waals surface area (Å²) in [5.74, 6) is -0.0477. The van der Waals surface area contributed by atoms with E-state index in [1.807, 2.05) is 0 Å². The molecule has 4 nitrogen and oxygen atoms in total. The highest BCUT2D eigenvalue weighted by Crippen LogP contribution is 2.37. The van der Waals surface area contributed by atoms with Crippen LogP contribution in [0.25, 0.3) is 0 Å². The molecule has 2 rings (SSSR count). The van der Waals surface area contributed by atoms with Gasteiger partial charge in [-0.25, -0.2) is 5.48 Å². The number of rotatable bonds is 5. The van der Waals surface area contributed by atoms with Crippen molar-refractivity contribution in [2.45, 2.75) is 63.1 Å². The molecule has 1 N–H and O–H groups in total. The molecule has 0 aromatic carbocycles. The van der Waals surface area contributed by atoms with Gasteiger partial charge in [0.2, 0.25) is 5.91 Å². The first-order chi connectivity index (χ1) is 7.74. The quantitative estimate of drug-likeness (QED) is 0.730. The number of hydrogen-bond acceptors (Lipinski definition) is 3. The van der Waals surface area contributed by atoms with E-state index in [-0.39, 0.29) is 17.6 Å². The number of hydroxylamine groups is 1. The summed E-state index contributed by atoms with van der Waals surface area (Å²) in [4.78, 5) is 17.0. The summed E-state index contributed by atoms with van der Waals surface area (Å²) in [6.45, 7) is 0. The maximum atomic E-state index is 11.7. The van der Waals surface area contributed by atoms with E-state index < -0.39 is 0 Å². The van der Waals surface area contributed by atoms with Crippen molar-refractivity contribution in [2.75, 3.05) is 7.11 Å². The molecule has 4 heteroatoms. The second kappa shape index (κ2) is 5.15. The lowest BCUT2D eigenvalue weighted by atomic mass is 9.77. The minimum atomic E-state index is -0.205. The normalized spacial score (nSPS) is 24.1. The lowest BCUT2D eigenvalue weighted by molar-refractivity contribution is -0.150. The highest BCUT2D eigenvalue weighted by molar-refractivity contribution is 5.76. The van der Waals surface area contributed by atoms with Crippen LogP contribution >= 0.6 is 0 Å². The van der Waals surface area contributed by atoms with Crippen molar-refractivity contribution in [3.05, 3.63) is 0 Å². The fourth-order valence-corrected chi connectivity index (χ4v) is 2.51. The number of carbonyl (C=O) groups excluding carboxylic acids is 1. The molecule has 0 aromatic rings. The van der Waals surface area contributed by atoms with Gasteiger partial charge in [-0.1, -0.05) is 12.8 Å². The Morgan fingerprint density at radius 2 is 2.00 bits per heavy atom.